The van der Waals surface area contributed by atoms with Gasteiger partial charge in [-0.2, -0.15) is 0 Å². The number of likely N-dealkylation sites (N-methyl/N-ethyl adjacent to an activating group) is 1. The van der Waals surface area contributed by atoms with E-state index >= 15 is 0 Å². The van der Waals surface area contributed by atoms with Crippen LogP contribution >= 0.6 is 12.4 Å². The van der Waals surface area contributed by atoms with Crippen LogP contribution in [0.4, 0.5) is 4.39 Å². The van der Waals surface area contributed by atoms with Gasteiger partial charge in [0.15, 0.2) is 11.6 Å². The molecule has 6 heteroatoms. The summed E-state index contributed by atoms with van der Waals surface area (Å²) < 4.78 is 24.7. The average Bonchev–Trinajstić information content (AvgIpc) is 2.99. The van der Waals surface area contributed by atoms with Gasteiger partial charge in [-0.1, -0.05) is 24.3 Å². The third kappa shape index (κ3) is 5.84. The smallest absolute Gasteiger partial charge is 0.165 e. The van der Waals surface area contributed by atoms with Gasteiger partial charge in [-0.15, -0.1) is 12.4 Å². The van der Waals surface area contributed by atoms with Crippen molar-refractivity contribution in [2.75, 3.05) is 27.3 Å². The molecule has 0 bridgehead atoms. The minimum absolute atomic E-state index is 0. The predicted molar refractivity (Wildman–Crippen MR) is 111 cm³/mol. The fourth-order valence-electron chi connectivity index (χ4n) is 3.68. The lowest BCUT2D eigenvalue weighted by Crippen LogP contribution is -2.26. The van der Waals surface area contributed by atoms with Crippen LogP contribution in [-0.2, 0) is 12.8 Å². The number of nitrogens with zero attached hydrogens (tertiary/aromatic N) is 1. The van der Waals surface area contributed by atoms with E-state index in [2.05, 4.69) is 11.0 Å². The number of aliphatic hydroxyl groups excluding tert-OH is 1. The Morgan fingerprint density at radius 2 is 1.93 bits per heavy atom. The van der Waals surface area contributed by atoms with Gasteiger partial charge in [0, 0.05) is 12.6 Å². The monoisotopic (exact) mass is 409 g/mol. The maximum atomic E-state index is 13.6. The van der Waals surface area contributed by atoms with E-state index in [4.69, 9.17) is 9.47 Å². The molecule has 0 spiro atoms. The number of para-hydroxylation sites is 1. The maximum absolute atomic E-state index is 13.6. The molecule has 1 fully saturated rings. The Labute approximate surface area is 172 Å². The van der Waals surface area contributed by atoms with Crippen LogP contribution in [0, 0.1) is 5.82 Å². The van der Waals surface area contributed by atoms with Crippen molar-refractivity contribution in [1.29, 1.82) is 0 Å². The molecule has 1 aliphatic rings. The third-order valence-corrected chi connectivity index (χ3v) is 5.25. The molecule has 2 atom stereocenters. The number of likely N-dealkylation sites (tertiary alicyclic amines) is 1. The number of aliphatic hydroxyl groups is 1. The second kappa shape index (κ2) is 10.6. The van der Waals surface area contributed by atoms with Gasteiger partial charge in [-0.25, -0.2) is 4.39 Å². The summed E-state index contributed by atoms with van der Waals surface area (Å²) in [5, 5.41) is 9.75. The second-order valence-corrected chi connectivity index (χ2v) is 7.20. The molecule has 2 aromatic rings. The summed E-state index contributed by atoms with van der Waals surface area (Å²) in [6.45, 7) is 1.37. The van der Waals surface area contributed by atoms with Crippen molar-refractivity contribution in [2.24, 2.45) is 0 Å². The lowest BCUT2D eigenvalue weighted by Gasteiger charge is -2.19. The molecule has 0 radical (unpaired) electrons. The van der Waals surface area contributed by atoms with Crippen molar-refractivity contribution in [3.05, 3.63) is 59.4 Å². The largest absolute Gasteiger partial charge is 0.494 e. The molecule has 0 aliphatic carbocycles. The molecule has 1 heterocycles. The molecule has 1 N–H and O–H groups in total. The molecule has 1 aliphatic heterocycles. The van der Waals surface area contributed by atoms with Gasteiger partial charge in [0.2, 0.25) is 0 Å². The van der Waals surface area contributed by atoms with E-state index < -0.39 is 0 Å². The number of rotatable bonds is 8. The maximum Gasteiger partial charge on any atom is 0.165 e. The lowest BCUT2D eigenvalue weighted by atomic mass is 10.0. The minimum Gasteiger partial charge on any atom is -0.494 e. The molecule has 2 aromatic carbocycles. The van der Waals surface area contributed by atoms with Crippen molar-refractivity contribution >= 4 is 12.4 Å². The van der Waals surface area contributed by atoms with Gasteiger partial charge < -0.3 is 19.5 Å². The van der Waals surface area contributed by atoms with Crippen LogP contribution in [0.2, 0.25) is 0 Å². The molecule has 0 amide bonds. The molecule has 28 heavy (non-hydrogen) atoms. The lowest BCUT2D eigenvalue weighted by molar-refractivity contribution is 0.182. The minimum atomic E-state index is -0.341. The Hall–Kier alpha value is -1.82. The molecule has 3 rings (SSSR count). The first kappa shape index (κ1) is 22.5. The van der Waals surface area contributed by atoms with Crippen molar-refractivity contribution in [3.63, 3.8) is 0 Å². The quantitative estimate of drug-likeness (QED) is 0.718. The predicted octanol–water partition coefficient (Wildman–Crippen LogP) is 3.88. The number of hydrogen-bond donors (Lipinski definition) is 1. The van der Waals surface area contributed by atoms with E-state index in [-0.39, 0.29) is 30.1 Å². The van der Waals surface area contributed by atoms with Crippen molar-refractivity contribution in [1.82, 2.24) is 4.90 Å². The molecular formula is C22H29ClFNO3. The van der Waals surface area contributed by atoms with Crippen LogP contribution < -0.4 is 9.47 Å². The van der Waals surface area contributed by atoms with E-state index in [1.807, 2.05) is 25.2 Å². The highest BCUT2D eigenvalue weighted by Gasteiger charge is 2.27. The Balaban J connectivity index is 0.00000280. The number of β-amino-alcohol motifs (C(OH)–C–C–N with tert-alkyl or cyclic N) is 1. The fraction of sp³-hybridized carbons (Fsp3) is 0.455. The van der Waals surface area contributed by atoms with Gasteiger partial charge >= 0.3 is 0 Å². The molecule has 0 saturated carbocycles. The van der Waals surface area contributed by atoms with Crippen LogP contribution in [0.15, 0.2) is 42.5 Å². The van der Waals surface area contributed by atoms with Crippen LogP contribution in [0.25, 0.3) is 0 Å². The van der Waals surface area contributed by atoms with E-state index in [1.54, 1.807) is 12.1 Å². The summed E-state index contributed by atoms with van der Waals surface area (Å²) >= 11 is 0. The third-order valence-electron chi connectivity index (χ3n) is 5.25. The number of ether oxygens (including phenoxy) is 2. The van der Waals surface area contributed by atoms with E-state index in [1.165, 1.54) is 13.2 Å². The normalized spacial score (nSPS) is 19.3. The number of halogens is 2. The molecule has 1 saturated heterocycles. The Kier molecular flexibility index (Phi) is 8.55. The van der Waals surface area contributed by atoms with Gasteiger partial charge in [0.25, 0.3) is 0 Å². The SMILES string of the molecule is COc1cc(CCc2ccccc2OCC[C@@H]2C[C@@H](O)CN2C)ccc1F.Cl. The number of hydrogen-bond acceptors (Lipinski definition) is 4. The number of methoxy groups -OCH3 is 1. The van der Waals surface area contributed by atoms with Crippen molar-refractivity contribution < 1.29 is 19.0 Å². The number of aryl methyl sites for hydroxylation is 2. The second-order valence-electron chi connectivity index (χ2n) is 7.20. The Morgan fingerprint density at radius 1 is 1.14 bits per heavy atom. The molecular weight excluding hydrogens is 381 g/mol. The number of benzene rings is 2. The zero-order valence-electron chi connectivity index (χ0n) is 16.4. The summed E-state index contributed by atoms with van der Waals surface area (Å²) in [6, 6.07) is 13.4. The standard InChI is InChI=1S/C22H28FNO3.ClH/c1-24-15-19(25)14-18(24)11-12-27-21-6-4-3-5-17(21)9-7-16-8-10-20(23)22(13-16)26-2;/h3-6,8,10,13,18-19,25H,7,9,11-12,14-15H2,1-2H3;1H/t18-,19-;/m1./s1. The van der Waals surface area contributed by atoms with Gasteiger partial charge in [0.05, 0.1) is 19.8 Å². The zero-order valence-corrected chi connectivity index (χ0v) is 17.3. The topological polar surface area (TPSA) is 41.9 Å². The zero-order chi connectivity index (χ0) is 19.2. The first-order valence-electron chi connectivity index (χ1n) is 9.48. The van der Waals surface area contributed by atoms with Gasteiger partial charge in [-0.3, -0.25) is 0 Å². The summed E-state index contributed by atoms with van der Waals surface area (Å²) in [5.41, 5.74) is 2.17. The first-order valence-corrected chi connectivity index (χ1v) is 9.48. The summed E-state index contributed by atoms with van der Waals surface area (Å²) in [7, 11) is 3.53. The van der Waals surface area contributed by atoms with Crippen LogP contribution in [0.3, 0.4) is 0 Å². The van der Waals surface area contributed by atoms with Crippen LogP contribution in [-0.4, -0.2) is 49.5 Å². The van der Waals surface area contributed by atoms with Crippen molar-refractivity contribution in [2.45, 2.75) is 37.8 Å². The highest BCUT2D eigenvalue weighted by Crippen LogP contribution is 2.24. The molecule has 0 unspecified atom stereocenters. The summed E-state index contributed by atoms with van der Waals surface area (Å²) in [4.78, 5) is 2.20. The average molecular weight is 410 g/mol. The van der Waals surface area contributed by atoms with E-state index in [9.17, 15) is 9.50 Å². The highest BCUT2D eigenvalue weighted by atomic mass is 35.5. The first-order chi connectivity index (χ1) is 13.1. The Bertz CT molecular complexity index is 758. The molecule has 0 aromatic heterocycles. The fourth-order valence-corrected chi connectivity index (χ4v) is 3.68. The summed E-state index contributed by atoms with van der Waals surface area (Å²) in [6.07, 6.45) is 3.09. The Morgan fingerprint density at radius 3 is 2.64 bits per heavy atom. The van der Waals surface area contributed by atoms with Gasteiger partial charge in [0.1, 0.15) is 5.75 Å². The molecule has 154 valence electrons. The van der Waals surface area contributed by atoms with Crippen LogP contribution in [0.1, 0.15) is 24.0 Å². The summed E-state index contributed by atoms with van der Waals surface area (Å²) in [5.74, 6) is 0.833. The van der Waals surface area contributed by atoms with Crippen LogP contribution in [0.5, 0.6) is 11.5 Å². The van der Waals surface area contributed by atoms with Gasteiger partial charge in [-0.05, 0) is 62.1 Å². The van der Waals surface area contributed by atoms with E-state index in [0.29, 0.717) is 12.6 Å². The van der Waals surface area contributed by atoms with Crippen molar-refractivity contribution in [3.8, 4) is 11.5 Å². The van der Waals surface area contributed by atoms with E-state index in [0.717, 1.165) is 49.1 Å². The highest BCUT2D eigenvalue weighted by molar-refractivity contribution is 5.85. The molecule has 4 nitrogen and oxygen atoms in total.